The Hall–Kier alpha value is -0.135. The van der Waals surface area contributed by atoms with E-state index in [1.54, 1.807) is 5.97 Å². The third-order valence-corrected chi connectivity index (χ3v) is 1.02. The summed E-state index contributed by atoms with van der Waals surface area (Å²) in [5.74, 6) is 1.63. The fraction of sp³-hybridized carbons (Fsp3) is 0.833. The van der Waals surface area contributed by atoms with Crippen molar-refractivity contribution >= 4 is 13.5 Å². The van der Waals surface area contributed by atoms with Crippen LogP contribution < -0.4 is 0 Å². The molecule has 0 aliphatic heterocycles. The first-order valence-electron chi connectivity index (χ1n) is 3.06. The summed E-state index contributed by atoms with van der Waals surface area (Å²) < 4.78 is 12.3. The first-order valence-corrected chi connectivity index (χ1v) is 3.06. The standard InChI is InChI=1S/C6H12BF/c1-2-3-6(8)4-5-7/h5-7H,2-4H2,1H3. The Morgan fingerprint density at radius 1 is 1.75 bits per heavy atom. The molecule has 0 radical (unpaired) electrons. The summed E-state index contributed by atoms with van der Waals surface area (Å²) in [6.45, 7) is 1.98. The molecule has 8 heavy (non-hydrogen) atoms. The van der Waals surface area contributed by atoms with E-state index in [2.05, 4.69) is 7.49 Å². The summed E-state index contributed by atoms with van der Waals surface area (Å²) in [4.78, 5) is 0. The van der Waals surface area contributed by atoms with Gasteiger partial charge in [0.15, 0.2) is 0 Å². The molecule has 0 aromatic rings. The number of alkyl halides is 1. The van der Waals surface area contributed by atoms with Gasteiger partial charge >= 0.3 is 50.2 Å². The Kier molecular flexibility index (Phi) is 4.93. The van der Waals surface area contributed by atoms with Crippen LogP contribution in [-0.2, 0) is 0 Å². The summed E-state index contributed by atoms with van der Waals surface area (Å²) in [6, 6.07) is 0. The van der Waals surface area contributed by atoms with Crippen molar-refractivity contribution < 1.29 is 4.39 Å². The molecule has 1 atom stereocenters. The van der Waals surface area contributed by atoms with E-state index in [1.807, 2.05) is 6.92 Å². The molecule has 0 aliphatic rings. The number of halogens is 1. The molecule has 0 aromatic heterocycles. The zero-order chi connectivity index (χ0) is 6.41. The van der Waals surface area contributed by atoms with Gasteiger partial charge < -0.3 is 0 Å². The van der Waals surface area contributed by atoms with Gasteiger partial charge in [0.05, 0.1) is 0 Å². The fourth-order valence-corrected chi connectivity index (χ4v) is 0.612. The van der Waals surface area contributed by atoms with Gasteiger partial charge in [0.1, 0.15) is 0 Å². The molecular weight excluding hydrogens is 102 g/mol. The Balaban J connectivity index is 3.03. The molecule has 46 valence electrons. The molecular formula is C6H12BF. The Labute approximate surface area is 51.2 Å². The van der Waals surface area contributed by atoms with E-state index in [-0.39, 0.29) is 0 Å². The van der Waals surface area contributed by atoms with Crippen molar-refractivity contribution in [3.63, 3.8) is 0 Å². The molecule has 0 saturated heterocycles. The van der Waals surface area contributed by atoms with Crippen LogP contribution in [0.4, 0.5) is 4.39 Å². The van der Waals surface area contributed by atoms with Gasteiger partial charge in [0.2, 0.25) is 0 Å². The monoisotopic (exact) mass is 114 g/mol. The summed E-state index contributed by atoms with van der Waals surface area (Å²) in [5, 5.41) is 0. The second kappa shape index (κ2) is 5.01. The van der Waals surface area contributed by atoms with Crippen molar-refractivity contribution in [3.8, 4) is 0 Å². The van der Waals surface area contributed by atoms with Crippen LogP contribution in [0, 0.1) is 0 Å². The van der Waals surface area contributed by atoms with Crippen LogP contribution in [-0.4, -0.2) is 19.6 Å². The number of rotatable bonds is 4. The molecule has 0 N–H and O–H groups in total. The average Bonchev–Trinajstić information content (AvgIpc) is 1.68. The maximum atomic E-state index is 12.3. The molecule has 0 fully saturated rings. The number of hydrogen-bond donors (Lipinski definition) is 0. The predicted molar refractivity (Wildman–Crippen MR) is 37.6 cm³/mol. The second-order valence-corrected chi connectivity index (χ2v) is 1.91. The summed E-state index contributed by atoms with van der Waals surface area (Å²) in [7, 11) is 3.44. The Morgan fingerprint density at radius 2 is 2.38 bits per heavy atom. The minimum absolute atomic E-state index is 0.508. The van der Waals surface area contributed by atoms with Gasteiger partial charge in [-0.2, -0.15) is 0 Å². The summed E-state index contributed by atoms with van der Waals surface area (Å²) in [5.41, 5.74) is 0. The topological polar surface area (TPSA) is 0 Å². The van der Waals surface area contributed by atoms with Crippen molar-refractivity contribution in [1.82, 2.24) is 0 Å². The van der Waals surface area contributed by atoms with Crippen LogP contribution in [0.15, 0.2) is 0 Å². The molecule has 0 heterocycles. The van der Waals surface area contributed by atoms with Crippen molar-refractivity contribution in [2.45, 2.75) is 32.4 Å². The van der Waals surface area contributed by atoms with Gasteiger partial charge in [-0.15, -0.1) is 0 Å². The molecule has 0 amide bonds. The van der Waals surface area contributed by atoms with Gasteiger partial charge in [-0.05, 0) is 0 Å². The van der Waals surface area contributed by atoms with Crippen molar-refractivity contribution in [2.24, 2.45) is 0 Å². The predicted octanol–water partition coefficient (Wildman–Crippen LogP) is 1.22. The van der Waals surface area contributed by atoms with E-state index in [0.29, 0.717) is 12.8 Å². The van der Waals surface area contributed by atoms with Crippen LogP contribution in [0.1, 0.15) is 26.2 Å². The summed E-state index contributed by atoms with van der Waals surface area (Å²) in [6.07, 6.45) is 1.45. The molecule has 1 unspecified atom stereocenters. The van der Waals surface area contributed by atoms with E-state index in [9.17, 15) is 4.39 Å². The molecule has 0 aromatic carbocycles. The first kappa shape index (κ1) is 7.86. The van der Waals surface area contributed by atoms with Crippen LogP contribution in [0.25, 0.3) is 0 Å². The van der Waals surface area contributed by atoms with E-state index in [1.165, 1.54) is 0 Å². The van der Waals surface area contributed by atoms with Gasteiger partial charge in [0, 0.05) is 0 Å². The molecule has 0 spiro atoms. The number of hydrogen-bond acceptors (Lipinski definition) is 0. The molecule has 0 rings (SSSR count). The van der Waals surface area contributed by atoms with Gasteiger partial charge in [0.25, 0.3) is 0 Å². The van der Waals surface area contributed by atoms with E-state index in [4.69, 9.17) is 0 Å². The van der Waals surface area contributed by atoms with Crippen LogP contribution in [0.2, 0.25) is 0 Å². The van der Waals surface area contributed by atoms with E-state index >= 15 is 0 Å². The average molecular weight is 114 g/mol. The van der Waals surface area contributed by atoms with Crippen LogP contribution >= 0.6 is 0 Å². The quantitative estimate of drug-likeness (QED) is 0.482. The van der Waals surface area contributed by atoms with Crippen LogP contribution in [0.5, 0.6) is 0 Å². The van der Waals surface area contributed by atoms with Gasteiger partial charge in [-0.3, -0.25) is 0 Å². The normalized spacial score (nSPS) is 13.1. The zero-order valence-electron chi connectivity index (χ0n) is 5.36. The van der Waals surface area contributed by atoms with Crippen LogP contribution in [0.3, 0.4) is 0 Å². The SMILES string of the molecule is B=CCC(F)CCC. The second-order valence-electron chi connectivity index (χ2n) is 1.91. The van der Waals surface area contributed by atoms with E-state index in [0.717, 1.165) is 6.42 Å². The molecule has 0 bridgehead atoms. The molecule has 0 aliphatic carbocycles. The summed E-state index contributed by atoms with van der Waals surface area (Å²) >= 11 is 0. The first-order chi connectivity index (χ1) is 3.81. The fourth-order valence-electron chi connectivity index (χ4n) is 0.612. The molecule has 0 saturated carbocycles. The molecule has 0 nitrogen and oxygen atoms in total. The Bertz CT molecular complexity index is 63.5. The van der Waals surface area contributed by atoms with E-state index < -0.39 is 6.17 Å². The minimum atomic E-state index is -0.655. The molecule has 2 heteroatoms. The third-order valence-electron chi connectivity index (χ3n) is 1.02. The zero-order valence-corrected chi connectivity index (χ0v) is 5.36. The van der Waals surface area contributed by atoms with Gasteiger partial charge in [-0.1, -0.05) is 0 Å². The van der Waals surface area contributed by atoms with Crippen molar-refractivity contribution in [1.29, 1.82) is 0 Å². The van der Waals surface area contributed by atoms with Crippen molar-refractivity contribution in [3.05, 3.63) is 0 Å². The van der Waals surface area contributed by atoms with Gasteiger partial charge in [-0.25, -0.2) is 0 Å². The Morgan fingerprint density at radius 3 is 2.75 bits per heavy atom. The van der Waals surface area contributed by atoms with Crippen molar-refractivity contribution in [2.75, 3.05) is 0 Å². The maximum absolute atomic E-state index is 12.3. The third kappa shape index (κ3) is 4.04.